The van der Waals surface area contributed by atoms with Crippen LogP contribution in [0.25, 0.3) is 0 Å². The molecular formula is C47H74NO11P. The molecular weight excluding hydrogens is 785 g/mol. The van der Waals surface area contributed by atoms with E-state index in [0.29, 0.717) is 6.42 Å². The topological polar surface area (TPSA) is 195 Å². The van der Waals surface area contributed by atoms with Gasteiger partial charge in [0.1, 0.15) is 6.61 Å². The van der Waals surface area contributed by atoms with Gasteiger partial charge in [0.15, 0.2) is 6.10 Å². The van der Waals surface area contributed by atoms with Gasteiger partial charge in [-0.2, -0.15) is 0 Å². The number of aliphatic hydroxyl groups is 3. The fraction of sp³-hybridized carbons (Fsp3) is 0.532. The predicted molar refractivity (Wildman–Crippen MR) is 242 cm³/mol. The van der Waals surface area contributed by atoms with Gasteiger partial charge in [0.2, 0.25) is 0 Å². The van der Waals surface area contributed by atoms with Crippen molar-refractivity contribution in [1.82, 2.24) is 0 Å². The summed E-state index contributed by atoms with van der Waals surface area (Å²) >= 11 is 0. The lowest BCUT2D eigenvalue weighted by Crippen LogP contribution is -2.30. The highest BCUT2D eigenvalue weighted by atomic mass is 31.2. The third kappa shape index (κ3) is 38.5. The summed E-state index contributed by atoms with van der Waals surface area (Å²) in [5.41, 5.74) is 5.32. The first-order valence-electron chi connectivity index (χ1n) is 21.3. The number of hydrogen-bond donors (Lipinski definition) is 5. The monoisotopic (exact) mass is 859 g/mol. The third-order valence-electron chi connectivity index (χ3n) is 8.21. The van der Waals surface area contributed by atoms with E-state index < -0.39 is 57.4 Å². The van der Waals surface area contributed by atoms with Crippen molar-refractivity contribution in [2.24, 2.45) is 5.73 Å². The number of esters is 2. The molecule has 12 nitrogen and oxygen atoms in total. The van der Waals surface area contributed by atoms with Crippen molar-refractivity contribution in [3.63, 3.8) is 0 Å². The highest BCUT2D eigenvalue weighted by molar-refractivity contribution is 7.47. The molecule has 0 aromatic rings. The van der Waals surface area contributed by atoms with Crippen molar-refractivity contribution in [1.29, 1.82) is 0 Å². The van der Waals surface area contributed by atoms with Crippen LogP contribution in [0.4, 0.5) is 0 Å². The molecule has 0 bridgehead atoms. The van der Waals surface area contributed by atoms with E-state index in [9.17, 15) is 34.4 Å². The molecule has 0 fully saturated rings. The molecule has 0 aromatic carbocycles. The van der Waals surface area contributed by atoms with Crippen molar-refractivity contribution in [3.8, 4) is 0 Å². The Morgan fingerprint density at radius 3 is 1.75 bits per heavy atom. The predicted octanol–water partition coefficient (Wildman–Crippen LogP) is 9.07. The van der Waals surface area contributed by atoms with Crippen molar-refractivity contribution >= 4 is 19.8 Å². The van der Waals surface area contributed by atoms with Gasteiger partial charge in [-0.1, -0.05) is 155 Å². The zero-order valence-electron chi connectivity index (χ0n) is 36.0. The van der Waals surface area contributed by atoms with Crippen LogP contribution in [0, 0.1) is 0 Å². The number of rotatable bonds is 37. The minimum Gasteiger partial charge on any atom is -0.462 e. The van der Waals surface area contributed by atoms with Crippen LogP contribution >= 0.6 is 7.82 Å². The smallest absolute Gasteiger partial charge is 0.462 e. The number of carbonyl (C=O) groups is 2. The fourth-order valence-corrected chi connectivity index (χ4v) is 5.69. The maximum absolute atomic E-state index is 12.6. The summed E-state index contributed by atoms with van der Waals surface area (Å²) in [7, 11) is -4.50. The molecule has 13 heteroatoms. The lowest BCUT2D eigenvalue weighted by Gasteiger charge is -2.20. The second kappa shape index (κ2) is 40.7. The summed E-state index contributed by atoms with van der Waals surface area (Å²) in [6, 6.07) is 0. The zero-order chi connectivity index (χ0) is 44.4. The molecule has 0 aliphatic heterocycles. The van der Waals surface area contributed by atoms with Gasteiger partial charge in [0.05, 0.1) is 31.5 Å². The van der Waals surface area contributed by atoms with E-state index in [4.69, 9.17) is 24.3 Å². The quantitative estimate of drug-likeness (QED) is 0.0131. The molecule has 0 aromatic heterocycles. The van der Waals surface area contributed by atoms with Crippen molar-refractivity contribution in [2.45, 2.75) is 135 Å². The molecule has 0 amide bonds. The number of carbonyl (C=O) groups excluding carboxylic acids is 2. The molecule has 338 valence electrons. The summed E-state index contributed by atoms with van der Waals surface area (Å²) < 4.78 is 32.4. The average Bonchev–Trinajstić information content (AvgIpc) is 3.22. The summed E-state index contributed by atoms with van der Waals surface area (Å²) in [6.07, 6.45) is 44.7. The molecule has 5 atom stereocenters. The second-order valence-corrected chi connectivity index (χ2v) is 15.1. The Morgan fingerprint density at radius 2 is 1.18 bits per heavy atom. The molecule has 60 heavy (non-hydrogen) atoms. The SMILES string of the molecule is CC/C=C\C/C=C\C/C=C\C/C=C\C/C=C\C/C=C\CCC(=O)OC[C@H](COP(=O)(O)OCCN)OC(=O)CCC[C@H](O)[C@@H](O)/C=C/C=C/C=C\C=C\[C@@H](O)CCCCC. The van der Waals surface area contributed by atoms with Gasteiger partial charge >= 0.3 is 19.8 Å². The Balaban J connectivity index is 4.64. The first-order chi connectivity index (χ1) is 29.0. The van der Waals surface area contributed by atoms with Gasteiger partial charge in [-0.3, -0.25) is 18.6 Å². The van der Waals surface area contributed by atoms with E-state index in [-0.39, 0.29) is 38.8 Å². The van der Waals surface area contributed by atoms with Gasteiger partial charge < -0.3 is 35.4 Å². The first kappa shape index (κ1) is 56.3. The molecule has 0 saturated heterocycles. The number of allylic oxidation sites excluding steroid dienone is 18. The first-order valence-corrected chi connectivity index (χ1v) is 22.8. The molecule has 0 rings (SSSR count). The number of phosphoric acid groups is 1. The number of ether oxygens (including phenoxy) is 2. The minimum absolute atomic E-state index is 0.0191. The molecule has 0 radical (unpaired) electrons. The van der Waals surface area contributed by atoms with E-state index in [1.807, 2.05) is 18.2 Å². The lowest BCUT2D eigenvalue weighted by atomic mass is 10.1. The average molecular weight is 860 g/mol. The Kier molecular flexibility index (Phi) is 38.2. The highest BCUT2D eigenvalue weighted by Gasteiger charge is 2.26. The molecule has 0 spiro atoms. The van der Waals surface area contributed by atoms with Gasteiger partial charge in [-0.05, 0) is 64.2 Å². The Morgan fingerprint density at radius 1 is 0.633 bits per heavy atom. The van der Waals surface area contributed by atoms with Gasteiger partial charge in [0.25, 0.3) is 0 Å². The van der Waals surface area contributed by atoms with Gasteiger partial charge in [-0.25, -0.2) is 4.57 Å². The third-order valence-corrected chi connectivity index (χ3v) is 9.20. The molecule has 0 heterocycles. The fourth-order valence-electron chi connectivity index (χ4n) is 4.92. The maximum Gasteiger partial charge on any atom is 0.472 e. The largest absolute Gasteiger partial charge is 0.472 e. The van der Waals surface area contributed by atoms with Gasteiger partial charge in [-0.15, -0.1) is 0 Å². The summed E-state index contributed by atoms with van der Waals surface area (Å²) in [4.78, 5) is 34.9. The summed E-state index contributed by atoms with van der Waals surface area (Å²) in [6.45, 7) is 2.98. The number of hydrogen-bond acceptors (Lipinski definition) is 11. The number of nitrogens with two attached hydrogens (primary N) is 1. The number of phosphoric ester groups is 1. The summed E-state index contributed by atoms with van der Waals surface area (Å²) in [5.74, 6) is -1.27. The van der Waals surface area contributed by atoms with Crippen molar-refractivity contribution in [3.05, 3.63) is 122 Å². The van der Waals surface area contributed by atoms with Crippen LogP contribution in [0.15, 0.2) is 122 Å². The molecule has 0 saturated carbocycles. The van der Waals surface area contributed by atoms with E-state index in [1.165, 1.54) is 6.08 Å². The Bertz CT molecular complexity index is 1440. The Labute approximate surface area is 359 Å². The molecule has 1 unspecified atom stereocenters. The standard InChI is InChI=1S/C47H74NO11P/c1-3-5-7-8-9-10-11-12-13-14-15-16-17-18-19-20-21-26-30-36-46(52)56-40-43(41-58-60(54,55)57-39-38-48)59-47(53)37-31-35-45(51)44(50)34-29-25-23-22-24-28-33-42(49)32-27-6-4-2/h5,7,9-10,12-13,15-16,18-19,21-26,28-29,33-34,42-45,49-51H,3-4,6,8,11,14,17,20,27,30-32,35-41,48H2,1-2H3,(H,54,55)/b7-5-,10-9-,13-12-,16-15-,19-18-,24-22-,25-23+,26-21-,33-28+,34-29+/t42-,43+,44-,45-/m0/s1. The van der Waals surface area contributed by atoms with Crippen LogP contribution in [-0.2, 0) is 32.7 Å². The van der Waals surface area contributed by atoms with Crippen LogP contribution in [0.3, 0.4) is 0 Å². The van der Waals surface area contributed by atoms with Crippen LogP contribution in [0.1, 0.15) is 110 Å². The second-order valence-electron chi connectivity index (χ2n) is 13.7. The van der Waals surface area contributed by atoms with Crippen LogP contribution < -0.4 is 5.73 Å². The number of unbranched alkanes of at least 4 members (excludes halogenated alkanes) is 2. The van der Waals surface area contributed by atoms with E-state index in [1.54, 1.807) is 42.5 Å². The highest BCUT2D eigenvalue weighted by Crippen LogP contribution is 2.43. The van der Waals surface area contributed by atoms with Crippen molar-refractivity contribution < 1.29 is 52.9 Å². The van der Waals surface area contributed by atoms with Crippen LogP contribution in [0.2, 0.25) is 0 Å². The Hall–Kier alpha value is -3.71. The van der Waals surface area contributed by atoms with E-state index in [2.05, 4.69) is 68.5 Å². The number of aliphatic hydroxyl groups excluding tert-OH is 3. The van der Waals surface area contributed by atoms with Crippen LogP contribution in [-0.4, -0.2) is 82.9 Å². The van der Waals surface area contributed by atoms with Gasteiger partial charge in [0, 0.05) is 19.4 Å². The molecule has 0 aliphatic rings. The summed E-state index contributed by atoms with van der Waals surface area (Å²) in [5, 5.41) is 30.5. The molecule has 0 aliphatic carbocycles. The maximum atomic E-state index is 12.6. The zero-order valence-corrected chi connectivity index (χ0v) is 36.9. The van der Waals surface area contributed by atoms with E-state index in [0.717, 1.165) is 64.2 Å². The van der Waals surface area contributed by atoms with Crippen molar-refractivity contribution in [2.75, 3.05) is 26.4 Å². The van der Waals surface area contributed by atoms with Crippen LogP contribution in [0.5, 0.6) is 0 Å². The molecule has 6 N–H and O–H groups in total. The minimum atomic E-state index is -4.50. The normalized spacial score (nSPS) is 16.1. The lowest BCUT2D eigenvalue weighted by molar-refractivity contribution is -0.161. The van der Waals surface area contributed by atoms with E-state index >= 15 is 0 Å².